The normalized spacial score (nSPS) is 10.4. The summed E-state index contributed by atoms with van der Waals surface area (Å²) in [7, 11) is 0. The molecular formula is C10H8ClIN2. The minimum atomic E-state index is 0.725. The molecule has 0 spiro atoms. The molecule has 14 heavy (non-hydrogen) atoms. The molecule has 0 saturated heterocycles. The van der Waals surface area contributed by atoms with Gasteiger partial charge in [-0.05, 0) is 40.3 Å². The summed E-state index contributed by atoms with van der Waals surface area (Å²) < 4.78 is 2.87. The third-order valence-corrected chi connectivity index (χ3v) is 2.84. The molecule has 0 bridgehead atoms. The van der Waals surface area contributed by atoms with Crippen LogP contribution >= 0.6 is 34.2 Å². The largest absolute Gasteiger partial charge is 0.267 e. The maximum absolute atomic E-state index is 6.04. The lowest BCUT2D eigenvalue weighted by Crippen LogP contribution is -2.00. The van der Waals surface area contributed by atoms with Gasteiger partial charge in [-0.3, -0.25) is 4.68 Å². The highest BCUT2D eigenvalue weighted by Gasteiger charge is 2.00. The minimum absolute atomic E-state index is 0.725. The number of hydrogen-bond donors (Lipinski definition) is 0. The van der Waals surface area contributed by atoms with E-state index in [1.807, 2.05) is 41.2 Å². The van der Waals surface area contributed by atoms with E-state index in [9.17, 15) is 0 Å². The molecule has 0 saturated carbocycles. The van der Waals surface area contributed by atoms with Gasteiger partial charge < -0.3 is 0 Å². The lowest BCUT2D eigenvalue weighted by Gasteiger charge is -2.03. The van der Waals surface area contributed by atoms with E-state index in [4.69, 9.17) is 11.6 Å². The Kier molecular flexibility index (Phi) is 3.08. The Morgan fingerprint density at radius 2 is 2.07 bits per heavy atom. The van der Waals surface area contributed by atoms with Crippen LogP contribution in [0.5, 0.6) is 0 Å². The number of nitrogens with zero attached hydrogens (tertiary/aromatic N) is 2. The lowest BCUT2D eigenvalue weighted by molar-refractivity contribution is 0.681. The zero-order chi connectivity index (χ0) is 9.97. The van der Waals surface area contributed by atoms with Crippen LogP contribution in [0.3, 0.4) is 0 Å². The van der Waals surface area contributed by atoms with E-state index in [-0.39, 0.29) is 0 Å². The number of hydrogen-bond acceptors (Lipinski definition) is 1. The molecule has 0 N–H and O–H groups in total. The zero-order valence-electron chi connectivity index (χ0n) is 7.32. The van der Waals surface area contributed by atoms with Crippen LogP contribution in [-0.2, 0) is 6.54 Å². The number of benzene rings is 1. The predicted molar refractivity (Wildman–Crippen MR) is 65.5 cm³/mol. The van der Waals surface area contributed by atoms with Crippen LogP contribution < -0.4 is 0 Å². The second-order valence-corrected chi connectivity index (χ2v) is 4.44. The van der Waals surface area contributed by atoms with Crippen molar-refractivity contribution in [3.8, 4) is 0 Å². The van der Waals surface area contributed by atoms with E-state index in [1.165, 1.54) is 0 Å². The topological polar surface area (TPSA) is 17.8 Å². The van der Waals surface area contributed by atoms with Crippen LogP contribution in [-0.4, -0.2) is 9.78 Å². The lowest BCUT2D eigenvalue weighted by atomic mass is 10.2. The Labute approximate surface area is 101 Å². The molecule has 0 fully saturated rings. The summed E-state index contributed by atoms with van der Waals surface area (Å²) in [6.45, 7) is 0.725. The quantitative estimate of drug-likeness (QED) is 0.778. The Morgan fingerprint density at radius 1 is 1.29 bits per heavy atom. The van der Waals surface area contributed by atoms with Gasteiger partial charge in [0.05, 0.1) is 6.54 Å². The van der Waals surface area contributed by atoms with Crippen molar-refractivity contribution in [1.29, 1.82) is 0 Å². The fourth-order valence-corrected chi connectivity index (χ4v) is 1.86. The molecule has 0 atom stereocenters. The molecule has 72 valence electrons. The van der Waals surface area contributed by atoms with Gasteiger partial charge in [0, 0.05) is 11.2 Å². The fourth-order valence-electron chi connectivity index (χ4n) is 1.23. The average Bonchev–Trinajstić information content (AvgIpc) is 2.56. The zero-order valence-corrected chi connectivity index (χ0v) is 10.2. The Morgan fingerprint density at radius 3 is 2.71 bits per heavy atom. The van der Waals surface area contributed by atoms with Gasteiger partial charge in [-0.15, -0.1) is 0 Å². The summed E-state index contributed by atoms with van der Waals surface area (Å²) in [6, 6.07) is 9.79. The first-order valence-electron chi connectivity index (χ1n) is 4.18. The molecule has 0 unspecified atom stereocenters. The van der Waals surface area contributed by atoms with Gasteiger partial charge in [-0.1, -0.05) is 29.8 Å². The molecule has 1 aromatic carbocycles. The molecule has 0 aliphatic carbocycles. The molecule has 0 aliphatic heterocycles. The third kappa shape index (κ3) is 2.27. The molecule has 2 nitrogen and oxygen atoms in total. The van der Waals surface area contributed by atoms with E-state index >= 15 is 0 Å². The van der Waals surface area contributed by atoms with Gasteiger partial charge in [0.25, 0.3) is 0 Å². The van der Waals surface area contributed by atoms with Crippen molar-refractivity contribution in [3.05, 3.63) is 50.8 Å². The summed E-state index contributed by atoms with van der Waals surface area (Å²) >= 11 is 8.23. The Bertz CT molecular complexity index is 439. The Balaban J connectivity index is 2.23. The Hall–Kier alpha value is -0.550. The van der Waals surface area contributed by atoms with Crippen molar-refractivity contribution >= 4 is 34.2 Å². The second kappa shape index (κ2) is 4.31. The summed E-state index contributed by atoms with van der Waals surface area (Å²) in [4.78, 5) is 0. The summed E-state index contributed by atoms with van der Waals surface area (Å²) in [5, 5.41) is 5.08. The molecule has 1 aromatic heterocycles. The maximum atomic E-state index is 6.04. The summed E-state index contributed by atoms with van der Waals surface area (Å²) in [6.07, 6.45) is 1.95. The van der Waals surface area contributed by atoms with Crippen molar-refractivity contribution < 1.29 is 0 Å². The highest BCUT2D eigenvalue weighted by molar-refractivity contribution is 14.1. The highest BCUT2D eigenvalue weighted by atomic mass is 127. The van der Waals surface area contributed by atoms with Crippen LogP contribution in [0.1, 0.15) is 5.56 Å². The van der Waals surface area contributed by atoms with Crippen LogP contribution in [0.4, 0.5) is 0 Å². The molecule has 2 aromatic rings. The first-order chi connectivity index (χ1) is 6.75. The smallest absolute Gasteiger partial charge is 0.123 e. The molecule has 1 heterocycles. The van der Waals surface area contributed by atoms with Crippen LogP contribution in [0.25, 0.3) is 0 Å². The predicted octanol–water partition coefficient (Wildman–Crippen LogP) is 3.19. The number of rotatable bonds is 2. The van der Waals surface area contributed by atoms with Gasteiger partial charge in [0.2, 0.25) is 0 Å². The van der Waals surface area contributed by atoms with Crippen molar-refractivity contribution in [2.45, 2.75) is 6.54 Å². The van der Waals surface area contributed by atoms with E-state index < -0.39 is 0 Å². The minimum Gasteiger partial charge on any atom is -0.267 e. The molecule has 0 aliphatic rings. The monoisotopic (exact) mass is 318 g/mol. The van der Waals surface area contributed by atoms with E-state index in [0.29, 0.717) is 0 Å². The van der Waals surface area contributed by atoms with Gasteiger partial charge in [0.15, 0.2) is 0 Å². The van der Waals surface area contributed by atoms with Crippen LogP contribution in [0, 0.1) is 3.70 Å². The van der Waals surface area contributed by atoms with Crippen molar-refractivity contribution in [1.82, 2.24) is 9.78 Å². The summed E-state index contributed by atoms with van der Waals surface area (Å²) in [5.41, 5.74) is 1.09. The van der Waals surface area contributed by atoms with E-state index in [0.717, 1.165) is 20.8 Å². The summed E-state index contributed by atoms with van der Waals surface area (Å²) in [5.74, 6) is 0. The van der Waals surface area contributed by atoms with Crippen molar-refractivity contribution in [2.75, 3.05) is 0 Å². The second-order valence-electron chi connectivity index (χ2n) is 2.93. The first-order valence-corrected chi connectivity index (χ1v) is 5.64. The van der Waals surface area contributed by atoms with E-state index in [1.54, 1.807) is 0 Å². The van der Waals surface area contributed by atoms with Gasteiger partial charge >= 0.3 is 0 Å². The molecule has 4 heteroatoms. The molecular weight excluding hydrogens is 310 g/mol. The molecule has 2 rings (SSSR count). The third-order valence-electron chi connectivity index (χ3n) is 1.90. The first kappa shape index (κ1) is 9.98. The SMILES string of the molecule is Clc1ccccc1Cn1ccc(I)n1. The van der Waals surface area contributed by atoms with Crippen LogP contribution in [0.15, 0.2) is 36.5 Å². The average molecular weight is 319 g/mol. The standard InChI is InChI=1S/C10H8ClIN2/c11-9-4-2-1-3-8(9)7-14-6-5-10(12)13-14/h1-6H,7H2. The highest BCUT2D eigenvalue weighted by Crippen LogP contribution is 2.15. The van der Waals surface area contributed by atoms with Crippen molar-refractivity contribution in [3.63, 3.8) is 0 Å². The molecule has 0 radical (unpaired) electrons. The van der Waals surface area contributed by atoms with Gasteiger partial charge in [-0.2, -0.15) is 5.10 Å². The van der Waals surface area contributed by atoms with Crippen molar-refractivity contribution in [2.24, 2.45) is 0 Å². The van der Waals surface area contributed by atoms with Gasteiger partial charge in [0.1, 0.15) is 3.70 Å². The van der Waals surface area contributed by atoms with Crippen LogP contribution in [0.2, 0.25) is 5.02 Å². The van der Waals surface area contributed by atoms with E-state index in [2.05, 4.69) is 27.7 Å². The molecule has 0 amide bonds. The van der Waals surface area contributed by atoms with Gasteiger partial charge in [-0.25, -0.2) is 0 Å². The maximum Gasteiger partial charge on any atom is 0.123 e. The number of aromatic nitrogens is 2. The fraction of sp³-hybridized carbons (Fsp3) is 0.100. The number of halogens is 2.